The summed E-state index contributed by atoms with van der Waals surface area (Å²) < 4.78 is 101. The summed E-state index contributed by atoms with van der Waals surface area (Å²) in [7, 11) is 0. The number of likely N-dealkylation sites (tertiary alicyclic amines) is 1. The van der Waals surface area contributed by atoms with Gasteiger partial charge in [0.2, 0.25) is 0 Å². The highest BCUT2D eigenvalue weighted by Crippen LogP contribution is 2.32. The standard InChI is InChI=1S/C20H22ClF2N3O/c1-14-12-24-18(25-13-14)3-2-6-20(23)7-9-26(10-8-20)19(27)15-4-5-17(22)16(21)11-15/h4-5,11-13H,2-3,6-10H2,1H3/i1D3,6D2,7D2,9D2. The second kappa shape index (κ2) is 8.30. The number of halogens is 3. The molecular formula is C20H22ClF2N3O. The van der Waals surface area contributed by atoms with Crippen molar-refractivity contribution >= 4 is 17.5 Å². The van der Waals surface area contributed by atoms with Gasteiger partial charge in [-0.2, -0.15) is 0 Å². The zero-order valence-electron chi connectivity index (χ0n) is 23.1. The van der Waals surface area contributed by atoms with Crippen LogP contribution in [-0.4, -0.2) is 39.5 Å². The second-order valence-corrected chi connectivity index (χ2v) is 6.35. The molecule has 27 heavy (non-hydrogen) atoms. The van der Waals surface area contributed by atoms with Crippen molar-refractivity contribution in [3.63, 3.8) is 0 Å². The molecule has 0 radical (unpaired) electrons. The minimum absolute atomic E-state index is 0.000140. The van der Waals surface area contributed by atoms with Crippen molar-refractivity contribution in [1.29, 1.82) is 0 Å². The van der Waals surface area contributed by atoms with Crippen molar-refractivity contribution in [3.8, 4) is 0 Å². The summed E-state index contributed by atoms with van der Waals surface area (Å²) in [6.45, 7) is -6.40. The van der Waals surface area contributed by atoms with Gasteiger partial charge >= 0.3 is 0 Å². The van der Waals surface area contributed by atoms with E-state index in [1.807, 2.05) is 0 Å². The van der Waals surface area contributed by atoms with E-state index in [0.717, 1.165) is 30.6 Å². The number of amides is 1. The molecular weight excluding hydrogens is 372 g/mol. The Hall–Kier alpha value is -2.08. The van der Waals surface area contributed by atoms with Crippen LogP contribution in [0.3, 0.4) is 0 Å². The van der Waals surface area contributed by atoms with Gasteiger partial charge in [-0.3, -0.25) is 4.79 Å². The van der Waals surface area contributed by atoms with Gasteiger partial charge in [-0.15, -0.1) is 0 Å². The summed E-state index contributed by atoms with van der Waals surface area (Å²) in [6.07, 6.45) is -6.15. The van der Waals surface area contributed by atoms with Crippen LogP contribution in [0.1, 0.15) is 59.7 Å². The molecule has 1 aliphatic rings. The Kier molecular flexibility index (Phi) is 3.40. The number of alkyl halides is 1. The molecule has 2 aromatic rings. The summed E-state index contributed by atoms with van der Waals surface area (Å²) in [4.78, 5) is 21.0. The highest BCUT2D eigenvalue weighted by molar-refractivity contribution is 6.31. The molecule has 1 saturated heterocycles. The lowest BCUT2D eigenvalue weighted by atomic mass is 9.88. The van der Waals surface area contributed by atoms with E-state index in [2.05, 4.69) is 9.97 Å². The van der Waals surface area contributed by atoms with E-state index >= 15 is 4.39 Å². The molecule has 0 aliphatic carbocycles. The molecule has 1 aromatic carbocycles. The van der Waals surface area contributed by atoms with Gasteiger partial charge in [0.1, 0.15) is 17.3 Å². The Morgan fingerprint density at radius 1 is 1.48 bits per heavy atom. The Labute approximate surface area is 175 Å². The van der Waals surface area contributed by atoms with E-state index in [9.17, 15) is 9.18 Å². The van der Waals surface area contributed by atoms with Crippen LogP contribution in [0.2, 0.25) is 5.02 Å². The normalized spacial score (nSPS) is 29.6. The van der Waals surface area contributed by atoms with Gasteiger partial charge in [-0.1, -0.05) is 11.6 Å². The highest BCUT2D eigenvalue weighted by atomic mass is 35.5. The number of hydrogen-bond donors (Lipinski definition) is 0. The number of rotatable bonds is 5. The SMILES string of the molecule is [2H]C([2H])([2H])c1cnc(CCC([2H])([2H])C2(F)CCN(C(=O)c3ccc(F)c(Cl)c3)C([2H])([2H])C2([2H])[2H])nc1. The maximum atomic E-state index is 16.2. The van der Waals surface area contributed by atoms with Crippen molar-refractivity contribution in [2.24, 2.45) is 0 Å². The average Bonchev–Trinajstić information content (AvgIpc) is 2.77. The third kappa shape index (κ3) is 5.01. The quantitative estimate of drug-likeness (QED) is 0.737. The molecule has 4 nitrogen and oxygen atoms in total. The molecule has 0 saturated carbocycles. The molecule has 1 aromatic heterocycles. The number of hydrogen-bond acceptors (Lipinski definition) is 3. The number of carbonyl (C=O) groups excluding carboxylic acids is 1. The van der Waals surface area contributed by atoms with E-state index in [0.29, 0.717) is 4.90 Å². The molecule has 3 rings (SSSR count). The van der Waals surface area contributed by atoms with Crippen molar-refractivity contribution in [2.45, 2.75) is 44.5 Å². The molecule has 1 unspecified atom stereocenters. The first-order chi connectivity index (χ1) is 16.3. The first-order valence-corrected chi connectivity index (χ1v) is 8.50. The Morgan fingerprint density at radius 2 is 2.26 bits per heavy atom. The predicted molar refractivity (Wildman–Crippen MR) is 100 cm³/mol. The van der Waals surface area contributed by atoms with Gasteiger partial charge in [-0.25, -0.2) is 18.7 Å². The summed E-state index contributed by atoms with van der Waals surface area (Å²) in [5.41, 5.74) is -3.74. The Balaban J connectivity index is 1.84. The monoisotopic (exact) mass is 402 g/mol. The first kappa shape index (κ1) is 11.1. The maximum absolute atomic E-state index is 16.2. The highest BCUT2D eigenvalue weighted by Gasteiger charge is 2.35. The fourth-order valence-corrected chi connectivity index (χ4v) is 2.65. The molecule has 1 amide bonds. The van der Waals surface area contributed by atoms with Crippen LogP contribution in [-0.2, 0) is 6.42 Å². The van der Waals surface area contributed by atoms with Crippen LogP contribution in [0.5, 0.6) is 0 Å². The van der Waals surface area contributed by atoms with Gasteiger partial charge in [0.05, 0.1) is 5.02 Å². The van der Waals surface area contributed by atoms with Crippen LogP contribution < -0.4 is 0 Å². The Morgan fingerprint density at radius 3 is 2.96 bits per heavy atom. The minimum atomic E-state index is -3.51. The fourth-order valence-electron chi connectivity index (χ4n) is 2.47. The molecule has 1 fully saturated rings. The van der Waals surface area contributed by atoms with Crippen LogP contribution in [0.25, 0.3) is 0 Å². The van der Waals surface area contributed by atoms with Gasteiger partial charge in [0.15, 0.2) is 0 Å². The summed E-state index contributed by atoms with van der Waals surface area (Å²) in [5.74, 6) is -1.88. The summed E-state index contributed by atoms with van der Waals surface area (Å²) >= 11 is 5.68. The summed E-state index contributed by atoms with van der Waals surface area (Å²) in [5, 5.41) is -0.410. The topological polar surface area (TPSA) is 46.1 Å². The van der Waals surface area contributed by atoms with Crippen LogP contribution in [0.4, 0.5) is 8.78 Å². The smallest absolute Gasteiger partial charge is 0.253 e. The third-order valence-electron chi connectivity index (χ3n) is 3.94. The van der Waals surface area contributed by atoms with E-state index < -0.39 is 67.9 Å². The van der Waals surface area contributed by atoms with Gasteiger partial charge in [-0.05, 0) is 56.2 Å². The lowest BCUT2D eigenvalue weighted by molar-refractivity contribution is 0.0389. The first-order valence-electron chi connectivity index (χ1n) is 12.6. The maximum Gasteiger partial charge on any atom is 0.253 e. The summed E-state index contributed by atoms with van der Waals surface area (Å²) in [6, 6.07) is 2.86. The average molecular weight is 403 g/mol. The fraction of sp³-hybridized carbons (Fsp3) is 0.450. The van der Waals surface area contributed by atoms with Gasteiger partial charge in [0.25, 0.3) is 5.91 Å². The Bertz CT molecular complexity index is 1150. The van der Waals surface area contributed by atoms with Crippen molar-refractivity contribution in [2.75, 3.05) is 13.0 Å². The van der Waals surface area contributed by atoms with E-state index in [1.165, 1.54) is 0 Å². The predicted octanol–water partition coefficient (Wildman–Crippen LogP) is 4.54. The molecule has 7 heteroatoms. The molecule has 0 bridgehead atoms. The minimum Gasteiger partial charge on any atom is -0.338 e. The van der Waals surface area contributed by atoms with Gasteiger partial charge < -0.3 is 4.90 Å². The lowest BCUT2D eigenvalue weighted by Crippen LogP contribution is -2.44. The number of aryl methyl sites for hydroxylation is 2. The van der Waals surface area contributed by atoms with E-state index in [-0.39, 0.29) is 23.4 Å². The molecule has 2 heterocycles. The van der Waals surface area contributed by atoms with Crippen LogP contribution in [0, 0.1) is 12.7 Å². The zero-order chi connectivity index (χ0) is 27.3. The molecule has 0 spiro atoms. The molecule has 1 atom stereocenters. The molecule has 0 N–H and O–H groups in total. The molecule has 1 aliphatic heterocycles. The van der Waals surface area contributed by atoms with Crippen LogP contribution in [0.15, 0.2) is 30.6 Å². The van der Waals surface area contributed by atoms with Crippen molar-refractivity contribution in [1.82, 2.24) is 14.9 Å². The largest absolute Gasteiger partial charge is 0.338 e. The van der Waals surface area contributed by atoms with Crippen LogP contribution >= 0.6 is 11.6 Å². The number of benzene rings is 1. The van der Waals surface area contributed by atoms with Crippen molar-refractivity contribution in [3.05, 3.63) is 58.4 Å². The second-order valence-electron chi connectivity index (χ2n) is 5.94. The number of nitrogens with zero attached hydrogens (tertiary/aromatic N) is 3. The third-order valence-corrected chi connectivity index (χ3v) is 4.23. The zero-order valence-corrected chi connectivity index (χ0v) is 14.9. The number of aromatic nitrogens is 2. The van der Waals surface area contributed by atoms with E-state index in [4.69, 9.17) is 23.9 Å². The van der Waals surface area contributed by atoms with Gasteiger partial charge in [0, 0.05) is 49.8 Å². The van der Waals surface area contributed by atoms with Crippen molar-refractivity contribution < 1.29 is 25.9 Å². The molecule has 144 valence electrons. The van der Waals surface area contributed by atoms with E-state index in [1.54, 1.807) is 0 Å². The number of carbonyl (C=O) groups is 1. The number of piperidine rings is 1. The lowest BCUT2D eigenvalue weighted by Gasteiger charge is -2.36.